The SMILES string of the molecule is Cc1cn(N=Cc2ccc(Oc3ncccc3[N+](=O)[O-])cc2)c(N)n1. The Hall–Kier alpha value is -3.75. The van der Waals surface area contributed by atoms with Gasteiger partial charge in [0.15, 0.2) is 0 Å². The van der Waals surface area contributed by atoms with Gasteiger partial charge in [-0.25, -0.2) is 14.6 Å². The van der Waals surface area contributed by atoms with Crippen LogP contribution >= 0.6 is 0 Å². The zero-order chi connectivity index (χ0) is 17.8. The monoisotopic (exact) mass is 338 g/mol. The summed E-state index contributed by atoms with van der Waals surface area (Å²) in [6, 6.07) is 9.67. The first-order valence-electron chi connectivity index (χ1n) is 7.26. The van der Waals surface area contributed by atoms with Crippen LogP contribution < -0.4 is 10.5 Å². The Morgan fingerprint density at radius 2 is 2.08 bits per heavy atom. The standard InChI is InChI=1S/C16H14N6O3/c1-11-10-21(16(17)20-11)19-9-12-4-6-13(7-5-12)25-15-14(22(23)24)3-2-8-18-15/h2-10H,1H3,(H2,17,20). The normalized spacial score (nSPS) is 10.9. The lowest BCUT2D eigenvalue weighted by Gasteiger charge is -2.05. The summed E-state index contributed by atoms with van der Waals surface area (Å²) in [5.41, 5.74) is 7.09. The molecule has 9 heteroatoms. The highest BCUT2D eigenvalue weighted by Crippen LogP contribution is 2.28. The molecule has 1 aromatic carbocycles. The molecule has 0 fully saturated rings. The Morgan fingerprint density at radius 1 is 1.32 bits per heavy atom. The van der Waals surface area contributed by atoms with Gasteiger partial charge in [0.1, 0.15) is 5.75 Å². The maximum atomic E-state index is 11.0. The third-order valence-corrected chi connectivity index (χ3v) is 3.21. The van der Waals surface area contributed by atoms with Crippen LogP contribution in [-0.2, 0) is 0 Å². The second-order valence-electron chi connectivity index (χ2n) is 5.09. The van der Waals surface area contributed by atoms with Gasteiger partial charge in [-0.1, -0.05) is 0 Å². The van der Waals surface area contributed by atoms with Crippen LogP contribution in [0.25, 0.3) is 0 Å². The lowest BCUT2D eigenvalue weighted by Crippen LogP contribution is -1.97. The highest BCUT2D eigenvalue weighted by Gasteiger charge is 2.16. The zero-order valence-electron chi connectivity index (χ0n) is 13.2. The van der Waals surface area contributed by atoms with Crippen LogP contribution in [-0.4, -0.2) is 25.8 Å². The maximum Gasteiger partial charge on any atom is 0.331 e. The van der Waals surface area contributed by atoms with E-state index in [2.05, 4.69) is 15.1 Å². The van der Waals surface area contributed by atoms with E-state index < -0.39 is 4.92 Å². The Balaban J connectivity index is 1.75. The van der Waals surface area contributed by atoms with Gasteiger partial charge in [0.05, 0.1) is 23.0 Å². The lowest BCUT2D eigenvalue weighted by molar-refractivity contribution is -0.386. The number of hydrogen-bond acceptors (Lipinski definition) is 7. The number of aromatic nitrogens is 3. The highest BCUT2D eigenvalue weighted by molar-refractivity contribution is 5.79. The van der Waals surface area contributed by atoms with E-state index in [-0.39, 0.29) is 11.6 Å². The summed E-state index contributed by atoms with van der Waals surface area (Å²) in [6.07, 6.45) is 4.76. The van der Waals surface area contributed by atoms with E-state index in [1.807, 2.05) is 6.92 Å². The zero-order valence-corrected chi connectivity index (χ0v) is 13.2. The van der Waals surface area contributed by atoms with Crippen molar-refractivity contribution in [2.45, 2.75) is 6.92 Å². The predicted molar refractivity (Wildman–Crippen MR) is 91.8 cm³/mol. The number of imidazole rings is 1. The van der Waals surface area contributed by atoms with Crippen LogP contribution in [0.15, 0.2) is 53.9 Å². The van der Waals surface area contributed by atoms with Gasteiger partial charge in [0.25, 0.3) is 5.88 Å². The minimum Gasteiger partial charge on any atom is -0.434 e. The molecule has 2 heterocycles. The van der Waals surface area contributed by atoms with Crippen LogP contribution in [0.5, 0.6) is 11.6 Å². The molecule has 0 saturated carbocycles. The largest absolute Gasteiger partial charge is 0.434 e. The number of nitrogen functional groups attached to an aromatic ring is 1. The molecule has 2 N–H and O–H groups in total. The number of nitrogens with two attached hydrogens (primary N) is 1. The van der Waals surface area contributed by atoms with E-state index in [1.165, 1.54) is 23.0 Å². The molecule has 0 atom stereocenters. The van der Waals surface area contributed by atoms with Crippen molar-refractivity contribution in [2.75, 3.05) is 5.73 Å². The van der Waals surface area contributed by atoms with Crippen molar-refractivity contribution in [1.29, 1.82) is 0 Å². The van der Waals surface area contributed by atoms with E-state index >= 15 is 0 Å². The van der Waals surface area contributed by atoms with E-state index in [0.717, 1.165) is 11.3 Å². The second kappa shape index (κ2) is 6.79. The fourth-order valence-electron chi connectivity index (χ4n) is 2.06. The molecule has 25 heavy (non-hydrogen) atoms. The van der Waals surface area contributed by atoms with Crippen LogP contribution in [0.4, 0.5) is 11.6 Å². The second-order valence-corrected chi connectivity index (χ2v) is 5.09. The van der Waals surface area contributed by atoms with Gasteiger partial charge in [-0.2, -0.15) is 5.10 Å². The summed E-state index contributed by atoms with van der Waals surface area (Å²) < 4.78 is 6.95. The van der Waals surface area contributed by atoms with Gasteiger partial charge in [0.2, 0.25) is 5.95 Å². The van der Waals surface area contributed by atoms with Crippen LogP contribution in [0.3, 0.4) is 0 Å². The summed E-state index contributed by atoms with van der Waals surface area (Å²) in [5.74, 6) is 0.670. The van der Waals surface area contributed by atoms with Gasteiger partial charge in [-0.15, -0.1) is 0 Å². The van der Waals surface area contributed by atoms with Gasteiger partial charge < -0.3 is 10.5 Å². The van der Waals surface area contributed by atoms with Gasteiger partial charge in [0, 0.05) is 12.3 Å². The number of ether oxygens (including phenoxy) is 1. The van der Waals surface area contributed by atoms with Crippen molar-refractivity contribution in [3.63, 3.8) is 0 Å². The number of nitrogens with zero attached hydrogens (tertiary/aromatic N) is 5. The van der Waals surface area contributed by atoms with Crippen molar-refractivity contribution < 1.29 is 9.66 Å². The molecule has 0 saturated heterocycles. The number of anilines is 1. The first kappa shape index (κ1) is 16.1. The smallest absolute Gasteiger partial charge is 0.331 e. The first-order chi connectivity index (χ1) is 12.0. The van der Waals surface area contributed by atoms with Crippen molar-refractivity contribution in [1.82, 2.24) is 14.6 Å². The fraction of sp³-hybridized carbons (Fsp3) is 0.0625. The third kappa shape index (κ3) is 3.78. The Labute approximate surface area is 142 Å². The van der Waals surface area contributed by atoms with Gasteiger partial charge >= 0.3 is 5.69 Å². The minimum atomic E-state index is -0.541. The van der Waals surface area contributed by atoms with Crippen molar-refractivity contribution in [2.24, 2.45) is 5.10 Å². The number of nitro groups is 1. The average molecular weight is 338 g/mol. The molecule has 0 spiro atoms. The molecule has 126 valence electrons. The molecule has 0 amide bonds. The minimum absolute atomic E-state index is 0.0596. The van der Waals surface area contributed by atoms with Crippen molar-refractivity contribution in [3.8, 4) is 11.6 Å². The first-order valence-corrected chi connectivity index (χ1v) is 7.26. The number of rotatable bonds is 5. The number of aryl methyl sites for hydroxylation is 1. The van der Waals surface area contributed by atoms with Crippen molar-refractivity contribution >= 4 is 17.9 Å². The maximum absolute atomic E-state index is 11.0. The van der Waals surface area contributed by atoms with Gasteiger partial charge in [-0.05, 0) is 42.8 Å². The fourth-order valence-corrected chi connectivity index (χ4v) is 2.06. The molecule has 0 radical (unpaired) electrons. The molecule has 0 aliphatic rings. The molecule has 2 aromatic heterocycles. The van der Waals surface area contributed by atoms with Crippen LogP contribution in [0.2, 0.25) is 0 Å². The van der Waals surface area contributed by atoms with Crippen LogP contribution in [0.1, 0.15) is 11.3 Å². The lowest BCUT2D eigenvalue weighted by atomic mass is 10.2. The Bertz CT molecular complexity index is 933. The summed E-state index contributed by atoms with van der Waals surface area (Å²) in [5, 5.41) is 15.2. The molecule has 3 rings (SSSR count). The molecule has 0 bridgehead atoms. The highest BCUT2D eigenvalue weighted by atomic mass is 16.6. The van der Waals surface area contributed by atoms with Crippen LogP contribution in [0, 0.1) is 17.0 Å². The summed E-state index contributed by atoms with van der Waals surface area (Å²) in [7, 11) is 0. The van der Waals surface area contributed by atoms with E-state index in [0.29, 0.717) is 11.7 Å². The summed E-state index contributed by atoms with van der Waals surface area (Å²) in [6.45, 7) is 1.82. The molecule has 0 unspecified atom stereocenters. The third-order valence-electron chi connectivity index (χ3n) is 3.21. The van der Waals surface area contributed by atoms with E-state index in [4.69, 9.17) is 10.5 Å². The molecule has 3 aromatic rings. The molecular weight excluding hydrogens is 324 g/mol. The Kier molecular flexibility index (Phi) is 4.38. The molecule has 0 aliphatic carbocycles. The average Bonchev–Trinajstić information content (AvgIpc) is 2.92. The van der Waals surface area contributed by atoms with E-state index in [1.54, 1.807) is 36.7 Å². The van der Waals surface area contributed by atoms with Crippen molar-refractivity contribution in [3.05, 3.63) is 70.2 Å². The predicted octanol–water partition coefficient (Wildman–Crippen LogP) is 2.75. The molecule has 9 nitrogen and oxygen atoms in total. The molecular formula is C16H14N6O3. The number of hydrogen-bond donors (Lipinski definition) is 1. The quantitative estimate of drug-likeness (QED) is 0.433. The topological polar surface area (TPSA) is 121 Å². The number of benzene rings is 1. The van der Waals surface area contributed by atoms with Gasteiger partial charge in [-0.3, -0.25) is 10.1 Å². The Morgan fingerprint density at radius 3 is 2.72 bits per heavy atom. The summed E-state index contributed by atoms with van der Waals surface area (Å²) in [4.78, 5) is 18.4. The molecule has 0 aliphatic heterocycles. The van der Waals surface area contributed by atoms with E-state index in [9.17, 15) is 10.1 Å². The number of pyridine rings is 1. The summed E-state index contributed by atoms with van der Waals surface area (Å²) >= 11 is 0.